The quantitative estimate of drug-likeness (QED) is 0.173. The summed E-state index contributed by atoms with van der Waals surface area (Å²) in [6.07, 6.45) is 3.15. The summed E-state index contributed by atoms with van der Waals surface area (Å²) in [7, 11) is -0.611. The number of carbonyl (C=O) groups excluding carboxylic acids is 1. The summed E-state index contributed by atoms with van der Waals surface area (Å²) in [5.74, 6) is 1.32. The third-order valence-electron chi connectivity index (χ3n) is 11.0. The van der Waals surface area contributed by atoms with E-state index in [1.807, 2.05) is 69.3 Å². The van der Waals surface area contributed by atoms with Crippen LogP contribution in [0.25, 0.3) is 0 Å². The van der Waals surface area contributed by atoms with E-state index in [4.69, 9.17) is 23.7 Å². The number of aryl methyl sites for hydroxylation is 1. The van der Waals surface area contributed by atoms with E-state index in [0.717, 1.165) is 66.2 Å². The molecular formula is C42H57N3O8S. The first-order valence-corrected chi connectivity index (χ1v) is 20.7. The SMILES string of the molecule is COCCCN1CCOc2ccc(CO[C@H]3CN(S(=O)(=O)c4ccc(C)cc4)[C@H](CC(C)(C)C(=O)NCC4CCCO4)C[C@@H]3c3ccc(OC)cc3)cc21. The van der Waals surface area contributed by atoms with Gasteiger partial charge >= 0.3 is 0 Å². The number of fused-ring (bicyclic) bond motifs is 1. The molecule has 12 heteroatoms. The Balaban J connectivity index is 1.30. The average molecular weight is 764 g/mol. The first-order valence-electron chi connectivity index (χ1n) is 19.2. The lowest BCUT2D eigenvalue weighted by molar-refractivity contribution is -0.131. The van der Waals surface area contributed by atoms with Crippen molar-refractivity contribution in [3.05, 3.63) is 83.4 Å². The first-order chi connectivity index (χ1) is 26.0. The third kappa shape index (κ3) is 9.57. The van der Waals surface area contributed by atoms with Crippen LogP contribution in [0.3, 0.4) is 0 Å². The second-order valence-corrected chi connectivity index (χ2v) is 17.3. The minimum absolute atomic E-state index is 0.0107. The van der Waals surface area contributed by atoms with Crippen LogP contribution in [0.2, 0.25) is 0 Å². The second kappa shape index (κ2) is 17.8. The summed E-state index contributed by atoms with van der Waals surface area (Å²) in [4.78, 5) is 16.3. The number of nitrogens with one attached hydrogen (secondary N) is 1. The highest BCUT2D eigenvalue weighted by atomic mass is 32.2. The summed E-state index contributed by atoms with van der Waals surface area (Å²) in [6, 6.07) is 20.6. The van der Waals surface area contributed by atoms with Gasteiger partial charge < -0.3 is 33.9 Å². The number of hydrogen-bond donors (Lipinski definition) is 1. The van der Waals surface area contributed by atoms with Gasteiger partial charge in [-0.15, -0.1) is 0 Å². The molecule has 2 fully saturated rings. The Labute approximate surface area is 321 Å². The molecule has 11 nitrogen and oxygen atoms in total. The lowest BCUT2D eigenvalue weighted by atomic mass is 9.77. The summed E-state index contributed by atoms with van der Waals surface area (Å²) in [6.45, 7) is 10.3. The van der Waals surface area contributed by atoms with Gasteiger partial charge in [0.2, 0.25) is 15.9 Å². The van der Waals surface area contributed by atoms with Crippen LogP contribution in [0.1, 0.15) is 68.6 Å². The summed E-state index contributed by atoms with van der Waals surface area (Å²) < 4.78 is 60.1. The van der Waals surface area contributed by atoms with E-state index >= 15 is 0 Å². The lowest BCUT2D eigenvalue weighted by Gasteiger charge is -2.45. The van der Waals surface area contributed by atoms with Crippen LogP contribution >= 0.6 is 0 Å². The Morgan fingerprint density at radius 1 is 1.02 bits per heavy atom. The molecule has 4 atom stereocenters. The zero-order valence-corrected chi connectivity index (χ0v) is 33.2. The Hall–Kier alpha value is -3.68. The van der Waals surface area contributed by atoms with E-state index in [1.165, 1.54) is 0 Å². The van der Waals surface area contributed by atoms with Gasteiger partial charge in [0.25, 0.3) is 0 Å². The number of methoxy groups -OCH3 is 2. The number of nitrogens with zero attached hydrogens (tertiary/aromatic N) is 2. The normalized spacial score (nSPS) is 22.1. The molecule has 3 aliphatic heterocycles. The van der Waals surface area contributed by atoms with Crippen LogP contribution in [-0.2, 0) is 35.6 Å². The van der Waals surface area contributed by atoms with Crippen LogP contribution < -0.4 is 19.7 Å². The van der Waals surface area contributed by atoms with Gasteiger partial charge in [-0.3, -0.25) is 4.79 Å². The van der Waals surface area contributed by atoms with E-state index in [-0.39, 0.29) is 36.0 Å². The predicted molar refractivity (Wildman–Crippen MR) is 209 cm³/mol. The fourth-order valence-corrected chi connectivity index (χ4v) is 9.54. The van der Waals surface area contributed by atoms with E-state index in [2.05, 4.69) is 16.3 Å². The molecule has 6 rings (SSSR count). The molecule has 1 amide bonds. The van der Waals surface area contributed by atoms with Crippen LogP contribution in [0.15, 0.2) is 71.6 Å². The van der Waals surface area contributed by atoms with Gasteiger partial charge in [0.15, 0.2) is 0 Å². The Morgan fingerprint density at radius 2 is 1.80 bits per heavy atom. The zero-order valence-electron chi connectivity index (χ0n) is 32.4. The van der Waals surface area contributed by atoms with Crippen LogP contribution in [0, 0.1) is 12.3 Å². The highest BCUT2D eigenvalue weighted by molar-refractivity contribution is 7.89. The molecule has 1 N–H and O–H groups in total. The first kappa shape index (κ1) is 40.0. The number of sulfonamides is 1. The number of anilines is 1. The molecule has 0 bridgehead atoms. The largest absolute Gasteiger partial charge is 0.497 e. The lowest BCUT2D eigenvalue weighted by Crippen LogP contribution is -2.54. The van der Waals surface area contributed by atoms with E-state index in [9.17, 15) is 13.2 Å². The monoisotopic (exact) mass is 763 g/mol. The Kier molecular flexibility index (Phi) is 13.2. The maximum Gasteiger partial charge on any atom is 0.243 e. The van der Waals surface area contributed by atoms with Gasteiger partial charge in [-0.1, -0.05) is 49.7 Å². The maximum atomic E-state index is 14.6. The van der Waals surface area contributed by atoms with Gasteiger partial charge in [0.05, 0.1) is 43.1 Å². The molecule has 294 valence electrons. The number of hydrogen-bond acceptors (Lipinski definition) is 9. The Morgan fingerprint density at radius 3 is 2.50 bits per heavy atom. The fraction of sp³-hybridized carbons (Fsp3) is 0.548. The molecule has 3 aromatic carbocycles. The number of carbonyl (C=O) groups is 1. The van der Waals surface area contributed by atoms with Gasteiger partial charge in [0, 0.05) is 57.3 Å². The molecule has 3 heterocycles. The minimum atomic E-state index is -3.97. The average Bonchev–Trinajstić information content (AvgIpc) is 3.70. The van der Waals surface area contributed by atoms with Gasteiger partial charge in [-0.05, 0) is 86.6 Å². The third-order valence-corrected chi connectivity index (χ3v) is 12.9. The van der Waals surface area contributed by atoms with Gasteiger partial charge in [-0.25, -0.2) is 8.42 Å². The highest BCUT2D eigenvalue weighted by Gasteiger charge is 2.46. The van der Waals surface area contributed by atoms with Crippen molar-refractivity contribution in [2.24, 2.45) is 5.41 Å². The van der Waals surface area contributed by atoms with Gasteiger partial charge in [0.1, 0.15) is 18.1 Å². The summed E-state index contributed by atoms with van der Waals surface area (Å²) >= 11 is 0. The van der Waals surface area contributed by atoms with Crippen molar-refractivity contribution in [3.63, 3.8) is 0 Å². The van der Waals surface area contributed by atoms with Crippen LogP contribution in [0.5, 0.6) is 11.5 Å². The summed E-state index contributed by atoms with van der Waals surface area (Å²) in [5.41, 5.74) is 3.15. The molecule has 0 aromatic heterocycles. The van der Waals surface area contributed by atoms with Crippen molar-refractivity contribution in [2.45, 2.75) is 88.5 Å². The number of piperidine rings is 1. The van der Waals surface area contributed by atoms with E-state index < -0.39 is 27.6 Å². The molecule has 0 aliphatic carbocycles. The van der Waals surface area contributed by atoms with Crippen LogP contribution in [-0.4, -0.2) is 97.1 Å². The molecule has 54 heavy (non-hydrogen) atoms. The maximum absolute atomic E-state index is 14.6. The highest BCUT2D eigenvalue weighted by Crippen LogP contribution is 2.42. The predicted octanol–water partition coefficient (Wildman–Crippen LogP) is 6.08. The number of amides is 1. The molecule has 3 aromatic rings. The standard InChI is InChI=1S/C42H57N3O8S/c1-30-9-16-36(17-10-30)54(47,48)45-28-40(53-29-31-11-18-39-38(24-31)44(20-23-52-39)19-7-21-49-4)37(32-12-14-34(50-5)15-13-32)25-33(45)26-42(2,3)41(46)43-27-35-8-6-22-51-35/h9-18,24,33,35,37,40H,6-8,19-23,25-29H2,1-5H3,(H,43,46)/t33-,35?,37+,40-/m0/s1. The molecule has 1 unspecified atom stereocenters. The molecule has 3 aliphatic rings. The van der Waals surface area contributed by atoms with Crippen molar-refractivity contribution >= 4 is 21.6 Å². The molecule has 0 saturated carbocycles. The van der Waals surface area contributed by atoms with Crippen molar-refractivity contribution in [2.75, 3.05) is 65.1 Å². The topological polar surface area (TPSA) is 116 Å². The summed E-state index contributed by atoms with van der Waals surface area (Å²) in [5, 5.41) is 3.10. The van der Waals surface area contributed by atoms with Crippen LogP contribution in [0.4, 0.5) is 5.69 Å². The smallest absolute Gasteiger partial charge is 0.243 e. The Bertz CT molecular complexity index is 1790. The molecule has 0 spiro atoms. The fourth-order valence-electron chi connectivity index (χ4n) is 7.89. The molecule has 0 radical (unpaired) electrons. The van der Waals surface area contributed by atoms with Crippen molar-refractivity contribution in [1.82, 2.24) is 9.62 Å². The molecule has 2 saturated heterocycles. The van der Waals surface area contributed by atoms with Crippen molar-refractivity contribution < 1.29 is 36.9 Å². The van der Waals surface area contributed by atoms with Crippen molar-refractivity contribution in [3.8, 4) is 11.5 Å². The second-order valence-electron chi connectivity index (χ2n) is 15.4. The number of ether oxygens (including phenoxy) is 5. The zero-order chi connectivity index (χ0) is 38.3. The number of rotatable bonds is 16. The minimum Gasteiger partial charge on any atom is -0.497 e. The van der Waals surface area contributed by atoms with E-state index in [1.54, 1.807) is 30.7 Å². The van der Waals surface area contributed by atoms with Gasteiger partial charge in [-0.2, -0.15) is 4.31 Å². The van der Waals surface area contributed by atoms with E-state index in [0.29, 0.717) is 39.2 Å². The molecular weight excluding hydrogens is 707 g/mol. The van der Waals surface area contributed by atoms with Crippen molar-refractivity contribution in [1.29, 1.82) is 0 Å². The number of benzene rings is 3.